The van der Waals surface area contributed by atoms with Crippen molar-refractivity contribution in [3.63, 3.8) is 0 Å². The van der Waals surface area contributed by atoms with E-state index in [-0.39, 0.29) is 10.6 Å². The molecule has 1 aromatic heterocycles. The molecule has 0 atom stereocenters. The maximum Gasteiger partial charge on any atom is 0.270 e. The third kappa shape index (κ3) is 4.08. The van der Waals surface area contributed by atoms with Gasteiger partial charge in [-0.05, 0) is 38.8 Å². The molecule has 2 aromatic rings. The summed E-state index contributed by atoms with van der Waals surface area (Å²) in [6, 6.07) is 9.24. The maximum absolute atomic E-state index is 11.0. The summed E-state index contributed by atoms with van der Waals surface area (Å²) in [5, 5.41) is 11.0. The highest BCUT2D eigenvalue weighted by atomic mass is 16.6. The Hall–Kier alpha value is -2.54. The Bertz CT molecular complexity index is 798. The Kier molecular flexibility index (Phi) is 5.29. The summed E-state index contributed by atoms with van der Waals surface area (Å²) in [7, 11) is 0. The van der Waals surface area contributed by atoms with Crippen LogP contribution in [-0.2, 0) is 0 Å². The average Bonchev–Trinajstić information content (AvgIpc) is 2.75. The first kappa shape index (κ1) is 17.9. The fourth-order valence-corrected chi connectivity index (χ4v) is 4.20. The molecular weight excluding hydrogens is 342 g/mol. The van der Waals surface area contributed by atoms with Gasteiger partial charge in [0.25, 0.3) is 5.69 Å². The van der Waals surface area contributed by atoms with Crippen molar-refractivity contribution in [3.05, 3.63) is 46.8 Å². The first-order valence-electron chi connectivity index (χ1n) is 9.76. The molecule has 4 rings (SSSR count). The molecular formula is C20H25N5O2. The van der Waals surface area contributed by atoms with Crippen LogP contribution in [0.3, 0.4) is 0 Å². The van der Waals surface area contributed by atoms with Gasteiger partial charge in [0.15, 0.2) is 0 Å². The number of nitrogens with zero attached hydrogens (tertiary/aromatic N) is 5. The standard InChI is InChI=1S/C20H25N5O2/c26-25(27)18-6-4-5-16(13-18)19-14-20(22-15-21-19)24-11-7-17(8-12-24)23-9-2-1-3-10-23/h4-6,13-15,17H,1-3,7-12H2. The molecule has 0 radical (unpaired) electrons. The number of likely N-dealkylation sites (tertiary alicyclic amines) is 1. The first-order chi connectivity index (χ1) is 13.2. The van der Waals surface area contributed by atoms with E-state index in [1.54, 1.807) is 18.5 Å². The third-order valence-electron chi connectivity index (χ3n) is 5.70. The van der Waals surface area contributed by atoms with E-state index in [1.807, 2.05) is 12.1 Å². The summed E-state index contributed by atoms with van der Waals surface area (Å²) in [4.78, 5) is 24.4. The van der Waals surface area contributed by atoms with E-state index in [0.717, 1.165) is 43.0 Å². The van der Waals surface area contributed by atoms with Crippen LogP contribution in [0, 0.1) is 10.1 Å². The highest BCUT2D eigenvalue weighted by Gasteiger charge is 2.26. The number of hydrogen-bond donors (Lipinski definition) is 0. The van der Waals surface area contributed by atoms with Gasteiger partial charge in [-0.3, -0.25) is 10.1 Å². The van der Waals surface area contributed by atoms with Gasteiger partial charge in [0, 0.05) is 42.9 Å². The smallest absolute Gasteiger partial charge is 0.270 e. The molecule has 2 aliphatic rings. The maximum atomic E-state index is 11.0. The zero-order chi connectivity index (χ0) is 18.6. The number of aromatic nitrogens is 2. The minimum absolute atomic E-state index is 0.0787. The van der Waals surface area contributed by atoms with Gasteiger partial charge in [-0.2, -0.15) is 0 Å². The highest BCUT2D eigenvalue weighted by Crippen LogP contribution is 2.27. The minimum atomic E-state index is -0.378. The molecule has 0 spiro atoms. The Morgan fingerprint density at radius 3 is 2.52 bits per heavy atom. The van der Waals surface area contributed by atoms with Crippen LogP contribution in [-0.4, -0.2) is 52.0 Å². The van der Waals surface area contributed by atoms with Gasteiger partial charge in [-0.1, -0.05) is 18.6 Å². The van der Waals surface area contributed by atoms with Crippen molar-refractivity contribution in [1.29, 1.82) is 0 Å². The fraction of sp³-hybridized carbons (Fsp3) is 0.500. The van der Waals surface area contributed by atoms with Crippen LogP contribution in [0.1, 0.15) is 32.1 Å². The summed E-state index contributed by atoms with van der Waals surface area (Å²) in [6.45, 7) is 4.48. The molecule has 2 saturated heterocycles. The normalized spacial score (nSPS) is 19.2. The quantitative estimate of drug-likeness (QED) is 0.608. The zero-order valence-electron chi connectivity index (χ0n) is 15.5. The number of nitro groups is 1. The summed E-state index contributed by atoms with van der Waals surface area (Å²) < 4.78 is 0. The Labute approximate surface area is 159 Å². The van der Waals surface area contributed by atoms with Gasteiger partial charge in [0.1, 0.15) is 12.1 Å². The monoisotopic (exact) mass is 367 g/mol. The molecule has 0 unspecified atom stereocenters. The van der Waals surface area contributed by atoms with Crippen LogP contribution < -0.4 is 4.90 Å². The van der Waals surface area contributed by atoms with Gasteiger partial charge in [-0.25, -0.2) is 9.97 Å². The van der Waals surface area contributed by atoms with Crippen molar-refractivity contribution >= 4 is 11.5 Å². The van der Waals surface area contributed by atoms with Gasteiger partial charge < -0.3 is 9.80 Å². The van der Waals surface area contributed by atoms with Crippen LogP contribution in [0.25, 0.3) is 11.3 Å². The third-order valence-corrected chi connectivity index (χ3v) is 5.70. The van der Waals surface area contributed by atoms with E-state index in [2.05, 4.69) is 19.8 Å². The molecule has 0 aliphatic carbocycles. The average molecular weight is 367 g/mol. The second kappa shape index (κ2) is 8.00. The molecule has 0 bridgehead atoms. The molecule has 0 N–H and O–H groups in total. The van der Waals surface area contributed by atoms with Crippen molar-refractivity contribution in [3.8, 4) is 11.3 Å². The van der Waals surface area contributed by atoms with Crippen molar-refractivity contribution in [2.24, 2.45) is 0 Å². The molecule has 2 aliphatic heterocycles. The number of benzene rings is 1. The Balaban J connectivity index is 1.45. The minimum Gasteiger partial charge on any atom is -0.356 e. The molecule has 1 aromatic carbocycles. The predicted molar refractivity (Wildman–Crippen MR) is 105 cm³/mol. The number of nitro benzene ring substituents is 1. The molecule has 2 fully saturated rings. The predicted octanol–water partition coefficient (Wildman–Crippen LogP) is 3.51. The molecule has 0 amide bonds. The number of non-ortho nitro benzene ring substituents is 1. The van der Waals surface area contributed by atoms with Gasteiger partial charge in [0.2, 0.25) is 0 Å². The summed E-state index contributed by atoms with van der Waals surface area (Å²) in [5.41, 5.74) is 1.55. The lowest BCUT2D eigenvalue weighted by molar-refractivity contribution is -0.384. The van der Waals surface area contributed by atoms with Gasteiger partial charge in [-0.15, -0.1) is 0 Å². The van der Waals surface area contributed by atoms with Crippen LogP contribution in [0.5, 0.6) is 0 Å². The molecule has 7 nitrogen and oxygen atoms in total. The topological polar surface area (TPSA) is 75.4 Å². The largest absolute Gasteiger partial charge is 0.356 e. The number of hydrogen-bond acceptors (Lipinski definition) is 6. The van der Waals surface area contributed by atoms with E-state index in [0.29, 0.717) is 6.04 Å². The summed E-state index contributed by atoms with van der Waals surface area (Å²) in [6.07, 6.45) is 7.92. The summed E-state index contributed by atoms with van der Waals surface area (Å²) >= 11 is 0. The number of piperidine rings is 2. The van der Waals surface area contributed by atoms with E-state index in [1.165, 1.54) is 38.4 Å². The highest BCUT2D eigenvalue weighted by molar-refractivity contribution is 5.65. The van der Waals surface area contributed by atoms with Crippen LogP contribution >= 0.6 is 0 Å². The van der Waals surface area contributed by atoms with E-state index >= 15 is 0 Å². The lowest BCUT2D eigenvalue weighted by Gasteiger charge is -2.40. The van der Waals surface area contributed by atoms with Gasteiger partial charge in [0.05, 0.1) is 10.6 Å². The second-order valence-electron chi connectivity index (χ2n) is 7.38. The van der Waals surface area contributed by atoms with Gasteiger partial charge >= 0.3 is 0 Å². The van der Waals surface area contributed by atoms with Crippen molar-refractivity contribution in [2.75, 3.05) is 31.1 Å². The van der Waals surface area contributed by atoms with Crippen LogP contribution in [0.4, 0.5) is 11.5 Å². The first-order valence-corrected chi connectivity index (χ1v) is 9.76. The lowest BCUT2D eigenvalue weighted by Crippen LogP contribution is -2.46. The number of rotatable bonds is 4. The Morgan fingerprint density at radius 1 is 1.00 bits per heavy atom. The zero-order valence-corrected chi connectivity index (χ0v) is 15.5. The molecule has 7 heteroatoms. The molecule has 0 saturated carbocycles. The van der Waals surface area contributed by atoms with Crippen molar-refractivity contribution in [2.45, 2.75) is 38.1 Å². The summed E-state index contributed by atoms with van der Waals surface area (Å²) in [5.74, 6) is 0.906. The second-order valence-corrected chi connectivity index (χ2v) is 7.38. The van der Waals surface area contributed by atoms with Crippen molar-refractivity contribution in [1.82, 2.24) is 14.9 Å². The van der Waals surface area contributed by atoms with E-state index in [4.69, 9.17) is 0 Å². The Morgan fingerprint density at radius 2 is 1.78 bits per heavy atom. The van der Waals surface area contributed by atoms with E-state index < -0.39 is 0 Å². The SMILES string of the molecule is O=[N+]([O-])c1cccc(-c2cc(N3CCC(N4CCCCC4)CC3)ncn2)c1. The number of anilines is 1. The van der Waals surface area contributed by atoms with E-state index in [9.17, 15) is 10.1 Å². The van der Waals surface area contributed by atoms with Crippen molar-refractivity contribution < 1.29 is 4.92 Å². The lowest BCUT2D eigenvalue weighted by atomic mass is 10.00. The molecule has 27 heavy (non-hydrogen) atoms. The molecule has 3 heterocycles. The van der Waals surface area contributed by atoms with Crippen LogP contribution in [0.2, 0.25) is 0 Å². The fourth-order valence-electron chi connectivity index (χ4n) is 4.20. The van der Waals surface area contributed by atoms with Crippen LogP contribution in [0.15, 0.2) is 36.7 Å². The molecule has 142 valence electrons.